The number of likely N-dealkylation sites (tertiary alicyclic amines) is 1. The average molecular weight is 514 g/mol. The molecule has 198 valence electrons. The summed E-state index contributed by atoms with van der Waals surface area (Å²) >= 11 is 0. The van der Waals surface area contributed by atoms with Crippen LogP contribution in [0.1, 0.15) is 55.1 Å². The van der Waals surface area contributed by atoms with Gasteiger partial charge in [-0.15, -0.1) is 0 Å². The molecule has 0 N–H and O–H groups in total. The molecule has 0 unspecified atom stereocenters. The van der Waals surface area contributed by atoms with E-state index in [9.17, 15) is 14.0 Å². The molecule has 6 heteroatoms. The Bertz CT molecular complexity index is 1470. The molecule has 0 saturated carbocycles. The Balaban J connectivity index is 1.26. The lowest BCUT2D eigenvalue weighted by atomic mass is 9.87. The largest absolute Gasteiger partial charge is 0.329 e. The molecule has 5 nitrogen and oxygen atoms in total. The van der Waals surface area contributed by atoms with Crippen molar-refractivity contribution in [2.45, 2.75) is 52.1 Å². The molecule has 1 aromatic heterocycles. The fourth-order valence-corrected chi connectivity index (χ4v) is 5.44. The van der Waals surface area contributed by atoms with Gasteiger partial charge < -0.3 is 4.90 Å². The summed E-state index contributed by atoms with van der Waals surface area (Å²) in [6, 6.07) is 22.4. The zero-order valence-corrected chi connectivity index (χ0v) is 22.5. The Labute approximate surface area is 223 Å². The van der Waals surface area contributed by atoms with Crippen LogP contribution in [0.15, 0.2) is 77.6 Å². The van der Waals surface area contributed by atoms with Gasteiger partial charge in [-0.05, 0) is 78.9 Å². The van der Waals surface area contributed by atoms with Gasteiger partial charge in [-0.25, -0.2) is 9.18 Å². The molecular weight excluding hydrogens is 477 g/mol. The number of ketones is 1. The van der Waals surface area contributed by atoms with Crippen molar-refractivity contribution in [3.05, 3.63) is 106 Å². The van der Waals surface area contributed by atoms with Crippen LogP contribution in [-0.2, 0) is 18.5 Å². The molecule has 38 heavy (non-hydrogen) atoms. The molecule has 0 spiro atoms. The SMILES string of the molecule is CC(C)(C)c1ccc(Cn2c(=O)n(CCN3CCC(C(=O)c4ccc(F)cc4)CC3)c3ccccc32)cc1. The average Bonchev–Trinajstić information content (AvgIpc) is 3.18. The molecule has 5 rings (SSSR count). The number of rotatable bonds is 7. The first-order valence-corrected chi connectivity index (χ1v) is 13.5. The molecule has 1 saturated heterocycles. The second-order valence-electron chi connectivity index (χ2n) is 11.4. The van der Waals surface area contributed by atoms with Crippen molar-refractivity contribution in [1.29, 1.82) is 0 Å². The lowest BCUT2D eigenvalue weighted by Crippen LogP contribution is -2.39. The molecule has 1 aliphatic heterocycles. The molecule has 4 aromatic rings. The number of aromatic nitrogens is 2. The zero-order chi connectivity index (χ0) is 26.9. The van der Waals surface area contributed by atoms with Crippen molar-refractivity contribution in [3.8, 4) is 0 Å². The topological polar surface area (TPSA) is 47.2 Å². The van der Waals surface area contributed by atoms with Gasteiger partial charge in [0.2, 0.25) is 0 Å². The predicted octanol–water partition coefficient (Wildman–Crippen LogP) is 5.88. The number of halogens is 1. The van der Waals surface area contributed by atoms with Gasteiger partial charge in [-0.3, -0.25) is 13.9 Å². The maximum Gasteiger partial charge on any atom is 0.329 e. The molecule has 2 heterocycles. The number of Topliss-reactive ketones (excluding diaryl/α,β-unsaturated/α-hetero) is 1. The number of hydrogen-bond acceptors (Lipinski definition) is 3. The van der Waals surface area contributed by atoms with Crippen LogP contribution in [0.3, 0.4) is 0 Å². The van der Waals surface area contributed by atoms with Crippen molar-refractivity contribution in [1.82, 2.24) is 14.0 Å². The van der Waals surface area contributed by atoms with E-state index < -0.39 is 0 Å². The zero-order valence-electron chi connectivity index (χ0n) is 22.5. The first kappa shape index (κ1) is 26.1. The van der Waals surface area contributed by atoms with E-state index in [-0.39, 0.29) is 28.6 Å². The first-order chi connectivity index (χ1) is 18.2. The van der Waals surface area contributed by atoms with E-state index in [4.69, 9.17) is 0 Å². The van der Waals surface area contributed by atoms with Gasteiger partial charge in [0.05, 0.1) is 17.6 Å². The van der Waals surface area contributed by atoms with E-state index >= 15 is 0 Å². The number of para-hydroxylation sites is 2. The highest BCUT2D eigenvalue weighted by molar-refractivity contribution is 5.97. The number of carbonyl (C=O) groups excluding carboxylic acids is 1. The van der Waals surface area contributed by atoms with Crippen LogP contribution in [0.5, 0.6) is 0 Å². The Morgan fingerprint density at radius 1 is 0.842 bits per heavy atom. The second-order valence-corrected chi connectivity index (χ2v) is 11.4. The van der Waals surface area contributed by atoms with E-state index in [2.05, 4.69) is 49.9 Å². The van der Waals surface area contributed by atoms with Crippen LogP contribution in [0.25, 0.3) is 11.0 Å². The van der Waals surface area contributed by atoms with Crippen LogP contribution in [0.2, 0.25) is 0 Å². The summed E-state index contributed by atoms with van der Waals surface area (Å²) in [6.45, 7) is 10.1. The molecular formula is C32H36FN3O2. The molecule has 0 atom stereocenters. The molecule has 0 aliphatic carbocycles. The van der Waals surface area contributed by atoms with Crippen molar-refractivity contribution in [3.63, 3.8) is 0 Å². The predicted molar refractivity (Wildman–Crippen MR) is 150 cm³/mol. The fraction of sp³-hybridized carbons (Fsp3) is 0.375. The van der Waals surface area contributed by atoms with Gasteiger partial charge in [0, 0.05) is 24.6 Å². The van der Waals surface area contributed by atoms with Crippen LogP contribution in [-0.4, -0.2) is 39.5 Å². The van der Waals surface area contributed by atoms with E-state index in [0.29, 0.717) is 18.7 Å². The lowest BCUT2D eigenvalue weighted by Gasteiger charge is -2.31. The molecule has 1 aliphatic rings. The quantitative estimate of drug-likeness (QED) is 0.290. The van der Waals surface area contributed by atoms with Crippen LogP contribution >= 0.6 is 0 Å². The highest BCUT2D eigenvalue weighted by Crippen LogP contribution is 2.24. The smallest absolute Gasteiger partial charge is 0.302 e. The number of fused-ring (bicyclic) bond motifs is 1. The standard InChI is InChI=1S/C32H36FN3O2/c1-32(2,3)26-12-8-23(9-13-26)22-36-29-7-5-4-6-28(29)35(31(36)38)21-20-34-18-16-25(17-19-34)30(37)24-10-14-27(33)15-11-24/h4-15,25H,16-22H2,1-3H3. The van der Waals surface area contributed by atoms with Crippen LogP contribution < -0.4 is 5.69 Å². The summed E-state index contributed by atoms with van der Waals surface area (Å²) in [7, 11) is 0. The Hall–Kier alpha value is -3.51. The summed E-state index contributed by atoms with van der Waals surface area (Å²) in [4.78, 5) is 28.7. The molecule has 0 amide bonds. The number of benzene rings is 3. The van der Waals surface area contributed by atoms with Crippen molar-refractivity contribution >= 4 is 16.8 Å². The minimum absolute atomic E-state index is 0.00692. The summed E-state index contributed by atoms with van der Waals surface area (Å²) in [5, 5.41) is 0. The number of nitrogens with zero attached hydrogens (tertiary/aromatic N) is 3. The van der Waals surface area contributed by atoms with E-state index in [1.165, 1.54) is 17.7 Å². The number of imidazole rings is 1. The van der Waals surface area contributed by atoms with Crippen molar-refractivity contribution in [2.24, 2.45) is 5.92 Å². The van der Waals surface area contributed by atoms with E-state index in [0.717, 1.165) is 49.1 Å². The number of piperidine rings is 1. The van der Waals surface area contributed by atoms with Gasteiger partial charge in [0.15, 0.2) is 5.78 Å². The van der Waals surface area contributed by atoms with E-state index in [1.54, 1.807) is 12.1 Å². The van der Waals surface area contributed by atoms with Gasteiger partial charge in [-0.2, -0.15) is 0 Å². The van der Waals surface area contributed by atoms with Crippen LogP contribution in [0, 0.1) is 11.7 Å². The minimum Gasteiger partial charge on any atom is -0.302 e. The molecule has 3 aromatic carbocycles. The summed E-state index contributed by atoms with van der Waals surface area (Å²) < 4.78 is 17.0. The van der Waals surface area contributed by atoms with Gasteiger partial charge >= 0.3 is 5.69 Å². The number of hydrogen-bond donors (Lipinski definition) is 0. The van der Waals surface area contributed by atoms with E-state index in [1.807, 2.05) is 33.4 Å². The minimum atomic E-state index is -0.327. The van der Waals surface area contributed by atoms with Gasteiger partial charge in [0.25, 0.3) is 0 Å². The summed E-state index contributed by atoms with van der Waals surface area (Å²) in [5.41, 5.74) is 4.96. The third-order valence-electron chi connectivity index (χ3n) is 7.81. The molecule has 0 bridgehead atoms. The normalized spacial score (nSPS) is 15.3. The maximum absolute atomic E-state index is 13.5. The highest BCUT2D eigenvalue weighted by Gasteiger charge is 2.26. The third kappa shape index (κ3) is 5.51. The summed E-state index contributed by atoms with van der Waals surface area (Å²) in [5.74, 6) is -0.267. The molecule has 1 fully saturated rings. The van der Waals surface area contributed by atoms with Crippen molar-refractivity contribution in [2.75, 3.05) is 19.6 Å². The summed E-state index contributed by atoms with van der Waals surface area (Å²) in [6.07, 6.45) is 1.55. The Kier molecular flexibility index (Phi) is 7.35. The van der Waals surface area contributed by atoms with Crippen LogP contribution in [0.4, 0.5) is 4.39 Å². The lowest BCUT2D eigenvalue weighted by molar-refractivity contribution is 0.0837. The third-order valence-corrected chi connectivity index (χ3v) is 7.81. The number of carbonyl (C=O) groups is 1. The van der Waals surface area contributed by atoms with Crippen molar-refractivity contribution < 1.29 is 9.18 Å². The Morgan fingerprint density at radius 3 is 2.05 bits per heavy atom. The van der Waals surface area contributed by atoms with Gasteiger partial charge in [-0.1, -0.05) is 57.2 Å². The molecule has 0 radical (unpaired) electrons. The maximum atomic E-state index is 13.5. The fourth-order valence-electron chi connectivity index (χ4n) is 5.44. The van der Waals surface area contributed by atoms with Gasteiger partial charge in [0.1, 0.15) is 5.82 Å². The second kappa shape index (κ2) is 10.7. The monoisotopic (exact) mass is 513 g/mol. The first-order valence-electron chi connectivity index (χ1n) is 13.5. The highest BCUT2D eigenvalue weighted by atomic mass is 19.1. The Morgan fingerprint density at radius 2 is 1.45 bits per heavy atom.